The Kier molecular flexibility index (Phi) is 4.46. The fourth-order valence-corrected chi connectivity index (χ4v) is 0.702. The average Bonchev–Trinajstić information content (AvgIpc) is 2.00. The van der Waals surface area contributed by atoms with Crippen molar-refractivity contribution in [3.8, 4) is 0 Å². The second kappa shape index (κ2) is 4.69. The standard InChI is InChI=1S/C10H19NO3/c1-9(2,3)14-6-10(4,5)8(13)11-7-12/h8,13H,6H2,1-5H3. The van der Waals surface area contributed by atoms with E-state index in [0.717, 1.165) is 0 Å². The summed E-state index contributed by atoms with van der Waals surface area (Å²) in [7, 11) is 0. The van der Waals surface area contributed by atoms with E-state index in [-0.39, 0.29) is 5.60 Å². The molecule has 0 fully saturated rings. The van der Waals surface area contributed by atoms with Crippen molar-refractivity contribution in [1.29, 1.82) is 0 Å². The SMILES string of the molecule is CC(C)(C)OCC(C)(C)C(O)N=C=O. The molecule has 0 spiro atoms. The van der Waals surface area contributed by atoms with Crippen LogP contribution in [0.15, 0.2) is 4.99 Å². The number of nitrogens with zero attached hydrogens (tertiary/aromatic N) is 1. The molecule has 14 heavy (non-hydrogen) atoms. The monoisotopic (exact) mass is 201 g/mol. The van der Waals surface area contributed by atoms with Gasteiger partial charge in [0, 0.05) is 5.41 Å². The normalized spacial score (nSPS) is 14.7. The minimum absolute atomic E-state index is 0.262. The average molecular weight is 201 g/mol. The van der Waals surface area contributed by atoms with Crippen LogP contribution in [0.5, 0.6) is 0 Å². The number of aliphatic imine (C=N–C) groups is 1. The van der Waals surface area contributed by atoms with E-state index in [1.165, 1.54) is 6.08 Å². The number of carbonyl (C=O) groups excluding carboxylic acids is 1. The maximum absolute atomic E-state index is 9.97. The Labute approximate surface area is 85.0 Å². The van der Waals surface area contributed by atoms with Crippen LogP contribution in [0.1, 0.15) is 34.6 Å². The number of hydrogen-bond donors (Lipinski definition) is 1. The molecule has 0 rings (SSSR count). The minimum atomic E-state index is -1.07. The summed E-state index contributed by atoms with van der Waals surface area (Å²) in [5, 5.41) is 9.46. The van der Waals surface area contributed by atoms with Gasteiger partial charge < -0.3 is 9.84 Å². The summed E-state index contributed by atoms with van der Waals surface area (Å²) in [4.78, 5) is 13.2. The van der Waals surface area contributed by atoms with Crippen molar-refractivity contribution in [3.63, 3.8) is 0 Å². The van der Waals surface area contributed by atoms with E-state index in [1.54, 1.807) is 13.8 Å². The van der Waals surface area contributed by atoms with Crippen molar-refractivity contribution < 1.29 is 14.6 Å². The van der Waals surface area contributed by atoms with E-state index in [9.17, 15) is 9.90 Å². The summed E-state index contributed by atoms with van der Waals surface area (Å²) in [6, 6.07) is 0. The van der Waals surface area contributed by atoms with E-state index < -0.39 is 11.6 Å². The lowest BCUT2D eigenvalue weighted by molar-refractivity contribution is -0.0783. The van der Waals surface area contributed by atoms with Crippen LogP contribution >= 0.6 is 0 Å². The number of aliphatic hydroxyl groups is 1. The van der Waals surface area contributed by atoms with Crippen LogP contribution in [0, 0.1) is 5.41 Å². The summed E-state index contributed by atoms with van der Waals surface area (Å²) in [6.45, 7) is 9.69. The van der Waals surface area contributed by atoms with Gasteiger partial charge in [0.15, 0.2) is 6.23 Å². The zero-order valence-corrected chi connectivity index (χ0v) is 9.50. The van der Waals surface area contributed by atoms with Gasteiger partial charge >= 0.3 is 0 Å². The van der Waals surface area contributed by atoms with Crippen LogP contribution in [0.3, 0.4) is 0 Å². The Morgan fingerprint density at radius 2 is 1.86 bits per heavy atom. The van der Waals surface area contributed by atoms with Crippen LogP contribution in [0.2, 0.25) is 0 Å². The molecule has 0 aromatic heterocycles. The van der Waals surface area contributed by atoms with Crippen molar-refractivity contribution in [2.45, 2.75) is 46.4 Å². The predicted octanol–water partition coefficient (Wildman–Crippen LogP) is 1.48. The highest BCUT2D eigenvalue weighted by molar-refractivity contribution is 5.33. The molecule has 1 atom stereocenters. The minimum Gasteiger partial charge on any atom is -0.375 e. The van der Waals surface area contributed by atoms with E-state index in [0.29, 0.717) is 6.61 Å². The highest BCUT2D eigenvalue weighted by Crippen LogP contribution is 2.24. The second-order valence-electron chi connectivity index (χ2n) is 4.98. The van der Waals surface area contributed by atoms with Crippen molar-refractivity contribution in [3.05, 3.63) is 0 Å². The summed E-state index contributed by atoms with van der Waals surface area (Å²) in [6.07, 6.45) is 0.273. The van der Waals surface area contributed by atoms with Gasteiger partial charge in [-0.3, -0.25) is 0 Å². The predicted molar refractivity (Wildman–Crippen MR) is 53.6 cm³/mol. The summed E-state index contributed by atoms with van der Waals surface area (Å²) in [5.74, 6) is 0. The molecule has 4 nitrogen and oxygen atoms in total. The molecule has 4 heteroatoms. The molecule has 0 heterocycles. The number of aliphatic hydroxyl groups excluding tert-OH is 1. The van der Waals surface area contributed by atoms with Crippen LogP contribution in [-0.4, -0.2) is 29.6 Å². The van der Waals surface area contributed by atoms with Gasteiger partial charge in [-0.15, -0.1) is 0 Å². The quantitative estimate of drug-likeness (QED) is 0.553. The lowest BCUT2D eigenvalue weighted by Crippen LogP contribution is -2.36. The van der Waals surface area contributed by atoms with E-state index >= 15 is 0 Å². The Balaban J connectivity index is 4.26. The van der Waals surface area contributed by atoms with Crippen LogP contribution in [0.4, 0.5) is 0 Å². The molecule has 0 aromatic carbocycles. The van der Waals surface area contributed by atoms with Crippen LogP contribution in [0.25, 0.3) is 0 Å². The molecule has 0 aliphatic rings. The van der Waals surface area contributed by atoms with E-state index in [2.05, 4.69) is 4.99 Å². The molecule has 1 N–H and O–H groups in total. The highest BCUT2D eigenvalue weighted by Gasteiger charge is 2.29. The third kappa shape index (κ3) is 5.12. The lowest BCUT2D eigenvalue weighted by Gasteiger charge is -2.30. The fourth-order valence-electron chi connectivity index (χ4n) is 0.702. The van der Waals surface area contributed by atoms with Gasteiger partial charge in [-0.25, -0.2) is 4.79 Å². The van der Waals surface area contributed by atoms with Gasteiger partial charge in [0.25, 0.3) is 0 Å². The smallest absolute Gasteiger partial charge is 0.237 e. The molecule has 0 amide bonds. The van der Waals surface area contributed by atoms with Crippen molar-refractivity contribution in [2.75, 3.05) is 6.61 Å². The third-order valence-corrected chi connectivity index (χ3v) is 1.75. The molecular weight excluding hydrogens is 182 g/mol. The van der Waals surface area contributed by atoms with Crippen molar-refractivity contribution >= 4 is 6.08 Å². The number of hydrogen-bond acceptors (Lipinski definition) is 4. The number of rotatable bonds is 4. The maximum atomic E-state index is 9.97. The second-order valence-corrected chi connectivity index (χ2v) is 4.98. The molecule has 0 aromatic rings. The molecule has 0 saturated heterocycles. The Morgan fingerprint density at radius 3 is 2.21 bits per heavy atom. The Hall–Kier alpha value is -0.700. The first-order valence-corrected chi connectivity index (χ1v) is 4.58. The topological polar surface area (TPSA) is 58.9 Å². The van der Waals surface area contributed by atoms with Crippen LogP contribution in [-0.2, 0) is 9.53 Å². The molecule has 0 aliphatic heterocycles. The van der Waals surface area contributed by atoms with Gasteiger partial charge in [-0.2, -0.15) is 4.99 Å². The molecule has 0 bridgehead atoms. The molecular formula is C10H19NO3. The number of isocyanates is 1. The first-order chi connectivity index (χ1) is 6.19. The maximum Gasteiger partial charge on any atom is 0.237 e. The molecule has 0 radical (unpaired) electrons. The van der Waals surface area contributed by atoms with Gasteiger partial charge in [0.05, 0.1) is 12.2 Å². The highest BCUT2D eigenvalue weighted by atomic mass is 16.5. The van der Waals surface area contributed by atoms with Gasteiger partial charge in [0.2, 0.25) is 6.08 Å². The summed E-state index contributed by atoms with van der Waals surface area (Å²) >= 11 is 0. The van der Waals surface area contributed by atoms with Crippen molar-refractivity contribution in [1.82, 2.24) is 0 Å². The zero-order valence-electron chi connectivity index (χ0n) is 9.50. The first-order valence-electron chi connectivity index (χ1n) is 4.58. The largest absolute Gasteiger partial charge is 0.375 e. The van der Waals surface area contributed by atoms with Gasteiger partial charge in [-0.05, 0) is 20.8 Å². The molecule has 1 unspecified atom stereocenters. The van der Waals surface area contributed by atoms with Crippen molar-refractivity contribution in [2.24, 2.45) is 10.4 Å². The Morgan fingerprint density at radius 1 is 1.36 bits per heavy atom. The molecule has 0 saturated carbocycles. The van der Waals surface area contributed by atoms with Gasteiger partial charge in [-0.1, -0.05) is 13.8 Å². The summed E-state index contributed by atoms with van der Waals surface area (Å²) < 4.78 is 5.51. The summed E-state index contributed by atoms with van der Waals surface area (Å²) in [5.41, 5.74) is -0.841. The number of ether oxygens (including phenoxy) is 1. The van der Waals surface area contributed by atoms with E-state index in [4.69, 9.17) is 4.74 Å². The third-order valence-electron chi connectivity index (χ3n) is 1.75. The Bertz CT molecular complexity index is 224. The molecule has 82 valence electrons. The van der Waals surface area contributed by atoms with Crippen LogP contribution < -0.4 is 0 Å². The van der Waals surface area contributed by atoms with Gasteiger partial charge in [0.1, 0.15) is 0 Å². The van der Waals surface area contributed by atoms with E-state index in [1.807, 2.05) is 20.8 Å². The molecule has 0 aliphatic carbocycles. The first kappa shape index (κ1) is 13.3. The zero-order chi connectivity index (χ0) is 11.4. The lowest BCUT2D eigenvalue weighted by atomic mass is 9.92. The fraction of sp³-hybridized carbons (Fsp3) is 0.900.